The summed E-state index contributed by atoms with van der Waals surface area (Å²) in [5, 5.41) is 0. The first-order valence-corrected chi connectivity index (χ1v) is 6.43. The number of hydrogen-bond acceptors (Lipinski definition) is 2. The molecule has 4 nitrogen and oxygen atoms in total. The van der Waals surface area contributed by atoms with Gasteiger partial charge in [-0.25, -0.2) is 18.7 Å². The van der Waals surface area contributed by atoms with Crippen LogP contribution in [0.15, 0.2) is 30.9 Å². The fourth-order valence-electron chi connectivity index (χ4n) is 2.18. The number of hydrogen-bond donors (Lipinski definition) is 0. The summed E-state index contributed by atoms with van der Waals surface area (Å²) in [4.78, 5) is 8.39. The molecule has 0 aliphatic rings. The van der Waals surface area contributed by atoms with Gasteiger partial charge in [0.1, 0.15) is 17.5 Å². The van der Waals surface area contributed by atoms with Crippen LogP contribution in [0, 0.1) is 18.6 Å². The second-order valence-corrected chi connectivity index (χ2v) is 5.02. The highest BCUT2D eigenvalue weighted by atomic mass is 19.1. The van der Waals surface area contributed by atoms with Crippen LogP contribution in [0.25, 0.3) is 22.5 Å². The van der Waals surface area contributed by atoms with E-state index in [1.165, 1.54) is 6.07 Å². The normalized spacial score (nSPS) is 11.1. The van der Waals surface area contributed by atoms with E-state index in [-0.39, 0.29) is 11.1 Å². The molecular weight excluding hydrogens is 274 g/mol. The molecule has 0 N–H and O–H groups in total. The lowest BCUT2D eigenvalue weighted by Crippen LogP contribution is -1.92. The van der Waals surface area contributed by atoms with Crippen LogP contribution in [-0.4, -0.2) is 19.1 Å². The van der Waals surface area contributed by atoms with Crippen molar-refractivity contribution in [1.29, 1.82) is 0 Å². The highest BCUT2D eigenvalue weighted by molar-refractivity contribution is 5.70. The van der Waals surface area contributed by atoms with Crippen LogP contribution in [-0.2, 0) is 14.1 Å². The Kier molecular flexibility index (Phi) is 3.08. The number of aromatic nitrogens is 4. The zero-order valence-electron chi connectivity index (χ0n) is 11.9. The standard InChI is InChI=1S/C15H14F2N4/c1-9-19-15(7-21(9)3)11-4-10(12(16)5-13(11)17)14-6-20(2)8-18-14/h4-8H,1-3H3. The fourth-order valence-corrected chi connectivity index (χ4v) is 2.18. The molecule has 0 bridgehead atoms. The van der Waals surface area contributed by atoms with Crippen LogP contribution in [0.4, 0.5) is 8.78 Å². The van der Waals surface area contributed by atoms with Gasteiger partial charge in [-0.15, -0.1) is 0 Å². The summed E-state index contributed by atoms with van der Waals surface area (Å²) in [6, 6.07) is 2.33. The summed E-state index contributed by atoms with van der Waals surface area (Å²) in [5.41, 5.74) is 1.46. The van der Waals surface area contributed by atoms with Crippen molar-refractivity contribution in [2.75, 3.05) is 0 Å². The van der Waals surface area contributed by atoms with Gasteiger partial charge in [-0.3, -0.25) is 0 Å². The Bertz CT molecular complexity index is 798. The van der Waals surface area contributed by atoms with Crippen LogP contribution in [0.2, 0.25) is 0 Å². The van der Waals surface area contributed by atoms with Crippen molar-refractivity contribution in [2.45, 2.75) is 6.92 Å². The molecule has 2 aromatic heterocycles. The molecule has 0 fully saturated rings. The highest BCUT2D eigenvalue weighted by Gasteiger charge is 2.16. The lowest BCUT2D eigenvalue weighted by atomic mass is 10.1. The van der Waals surface area contributed by atoms with Crippen LogP contribution < -0.4 is 0 Å². The van der Waals surface area contributed by atoms with E-state index in [1.54, 1.807) is 34.9 Å². The third kappa shape index (κ3) is 2.33. The van der Waals surface area contributed by atoms with E-state index in [0.29, 0.717) is 11.4 Å². The number of benzene rings is 1. The quantitative estimate of drug-likeness (QED) is 0.726. The molecule has 1 aromatic carbocycles. The van der Waals surface area contributed by atoms with Gasteiger partial charge in [0.25, 0.3) is 0 Å². The first kappa shape index (κ1) is 13.5. The molecule has 0 radical (unpaired) electrons. The molecule has 0 aliphatic heterocycles. The molecule has 108 valence electrons. The predicted molar refractivity (Wildman–Crippen MR) is 75.5 cm³/mol. The first-order valence-electron chi connectivity index (χ1n) is 6.43. The maximum Gasteiger partial charge on any atom is 0.135 e. The largest absolute Gasteiger partial charge is 0.340 e. The summed E-state index contributed by atoms with van der Waals surface area (Å²) < 4.78 is 31.6. The third-order valence-corrected chi connectivity index (χ3v) is 3.42. The van der Waals surface area contributed by atoms with E-state index in [9.17, 15) is 8.78 Å². The second-order valence-electron chi connectivity index (χ2n) is 5.02. The average Bonchev–Trinajstić information content (AvgIpc) is 2.97. The van der Waals surface area contributed by atoms with Crippen LogP contribution >= 0.6 is 0 Å². The maximum atomic E-state index is 14.1. The Labute approximate surface area is 120 Å². The minimum Gasteiger partial charge on any atom is -0.340 e. The molecule has 0 spiro atoms. The highest BCUT2D eigenvalue weighted by Crippen LogP contribution is 2.30. The number of rotatable bonds is 2. The van der Waals surface area contributed by atoms with Gasteiger partial charge in [0.2, 0.25) is 0 Å². The lowest BCUT2D eigenvalue weighted by Gasteiger charge is -2.05. The van der Waals surface area contributed by atoms with Gasteiger partial charge in [0.15, 0.2) is 0 Å². The van der Waals surface area contributed by atoms with Gasteiger partial charge < -0.3 is 9.13 Å². The molecule has 3 aromatic rings. The Hall–Kier alpha value is -2.50. The number of halogens is 2. The summed E-state index contributed by atoms with van der Waals surface area (Å²) in [6.45, 7) is 1.82. The number of aryl methyl sites for hydroxylation is 3. The van der Waals surface area contributed by atoms with Crippen molar-refractivity contribution < 1.29 is 8.78 Å². The molecule has 3 rings (SSSR count). The predicted octanol–water partition coefficient (Wildman–Crippen LogP) is 3.07. The van der Waals surface area contributed by atoms with E-state index in [0.717, 1.165) is 11.9 Å². The summed E-state index contributed by atoms with van der Waals surface area (Å²) >= 11 is 0. The number of imidazole rings is 2. The average molecular weight is 288 g/mol. The molecule has 0 aliphatic carbocycles. The van der Waals surface area contributed by atoms with Crippen molar-refractivity contribution in [3.05, 3.63) is 48.3 Å². The molecule has 2 heterocycles. The van der Waals surface area contributed by atoms with Gasteiger partial charge in [-0.1, -0.05) is 0 Å². The molecule has 0 amide bonds. The monoisotopic (exact) mass is 288 g/mol. The molecular formula is C15H14F2N4. The van der Waals surface area contributed by atoms with Gasteiger partial charge in [0.05, 0.1) is 17.7 Å². The molecule has 0 unspecified atom stereocenters. The second kappa shape index (κ2) is 4.80. The van der Waals surface area contributed by atoms with Crippen molar-refractivity contribution in [1.82, 2.24) is 19.1 Å². The maximum absolute atomic E-state index is 14.1. The van der Waals surface area contributed by atoms with Gasteiger partial charge in [-0.05, 0) is 13.0 Å². The molecule has 0 saturated carbocycles. The van der Waals surface area contributed by atoms with Crippen LogP contribution in [0.1, 0.15) is 5.82 Å². The van der Waals surface area contributed by atoms with E-state index in [4.69, 9.17) is 0 Å². The van der Waals surface area contributed by atoms with E-state index < -0.39 is 11.6 Å². The number of nitrogens with zero attached hydrogens (tertiary/aromatic N) is 4. The zero-order chi connectivity index (χ0) is 15.1. The Balaban J connectivity index is 2.18. The van der Waals surface area contributed by atoms with Crippen LogP contribution in [0.5, 0.6) is 0 Å². The SMILES string of the molecule is Cc1nc(-c2cc(-c3cn(C)cn3)c(F)cc2F)cn1C. The minimum absolute atomic E-state index is 0.260. The Morgan fingerprint density at radius 2 is 1.62 bits per heavy atom. The molecule has 0 atom stereocenters. The lowest BCUT2D eigenvalue weighted by molar-refractivity contribution is 0.587. The van der Waals surface area contributed by atoms with E-state index in [1.807, 2.05) is 14.0 Å². The molecule has 6 heteroatoms. The van der Waals surface area contributed by atoms with Crippen LogP contribution in [0.3, 0.4) is 0 Å². The van der Waals surface area contributed by atoms with Crippen molar-refractivity contribution in [3.8, 4) is 22.5 Å². The van der Waals surface area contributed by atoms with Gasteiger partial charge >= 0.3 is 0 Å². The Morgan fingerprint density at radius 1 is 0.952 bits per heavy atom. The topological polar surface area (TPSA) is 35.6 Å². The summed E-state index contributed by atoms with van der Waals surface area (Å²) in [7, 11) is 3.62. The van der Waals surface area contributed by atoms with E-state index >= 15 is 0 Å². The van der Waals surface area contributed by atoms with Crippen molar-refractivity contribution in [2.24, 2.45) is 14.1 Å². The molecule has 21 heavy (non-hydrogen) atoms. The summed E-state index contributed by atoms with van der Waals surface area (Å²) in [6.07, 6.45) is 4.97. The smallest absolute Gasteiger partial charge is 0.135 e. The summed E-state index contributed by atoms with van der Waals surface area (Å²) in [5.74, 6) is -0.513. The molecule has 0 saturated heterocycles. The zero-order valence-corrected chi connectivity index (χ0v) is 11.9. The van der Waals surface area contributed by atoms with Gasteiger partial charge in [-0.2, -0.15) is 0 Å². The van der Waals surface area contributed by atoms with Crippen molar-refractivity contribution >= 4 is 0 Å². The van der Waals surface area contributed by atoms with Gasteiger partial charge in [0, 0.05) is 43.7 Å². The van der Waals surface area contributed by atoms with Crippen molar-refractivity contribution in [3.63, 3.8) is 0 Å². The minimum atomic E-state index is -0.636. The fraction of sp³-hybridized carbons (Fsp3) is 0.200. The third-order valence-electron chi connectivity index (χ3n) is 3.42. The Morgan fingerprint density at radius 3 is 2.14 bits per heavy atom. The first-order chi connectivity index (χ1) is 9.95. The van der Waals surface area contributed by atoms with E-state index in [2.05, 4.69) is 9.97 Å².